The molecule has 2 aromatic rings. The molecule has 0 unspecified atom stereocenters. The van der Waals surface area contributed by atoms with E-state index in [0.717, 1.165) is 28.0 Å². The summed E-state index contributed by atoms with van der Waals surface area (Å²) < 4.78 is 0. The molecule has 0 spiro atoms. The summed E-state index contributed by atoms with van der Waals surface area (Å²) in [6, 6.07) is 5.97. The van der Waals surface area contributed by atoms with E-state index in [1.807, 2.05) is 36.5 Å². The maximum Gasteiger partial charge on any atom is 0.0708 e. The molecular formula is C14H10N2. The number of hydrogen-bond acceptors (Lipinski definition) is 2. The van der Waals surface area contributed by atoms with Crippen molar-refractivity contribution in [2.24, 2.45) is 0 Å². The summed E-state index contributed by atoms with van der Waals surface area (Å²) in [6.07, 6.45) is 9.48. The number of nitrogens with zero attached hydrogens (tertiary/aromatic N) is 2. The van der Waals surface area contributed by atoms with E-state index in [2.05, 4.69) is 16.5 Å². The Morgan fingerprint density at radius 1 is 1.00 bits per heavy atom. The SMILES string of the molecule is C=C1c2ccncc2C=Cc2ncccc21. The highest BCUT2D eigenvalue weighted by atomic mass is 14.7. The lowest BCUT2D eigenvalue weighted by molar-refractivity contribution is 1.27. The summed E-state index contributed by atoms with van der Waals surface area (Å²) in [5.74, 6) is 0. The van der Waals surface area contributed by atoms with Crippen molar-refractivity contribution in [3.05, 3.63) is 65.8 Å². The van der Waals surface area contributed by atoms with Crippen LogP contribution in [-0.4, -0.2) is 9.97 Å². The monoisotopic (exact) mass is 206 g/mol. The van der Waals surface area contributed by atoms with Gasteiger partial charge in [0.25, 0.3) is 0 Å². The quantitative estimate of drug-likeness (QED) is 0.565. The van der Waals surface area contributed by atoms with Crippen LogP contribution in [0.15, 0.2) is 43.4 Å². The zero-order chi connectivity index (χ0) is 11.0. The lowest BCUT2D eigenvalue weighted by Gasteiger charge is -2.08. The average molecular weight is 206 g/mol. The summed E-state index contributed by atoms with van der Waals surface area (Å²) in [4.78, 5) is 8.47. The molecule has 0 saturated heterocycles. The van der Waals surface area contributed by atoms with Gasteiger partial charge in [-0.05, 0) is 29.3 Å². The van der Waals surface area contributed by atoms with Crippen LogP contribution < -0.4 is 0 Å². The minimum atomic E-state index is 0.962. The molecule has 0 N–H and O–H groups in total. The second-order valence-corrected chi connectivity index (χ2v) is 3.71. The summed E-state index contributed by atoms with van der Waals surface area (Å²) in [7, 11) is 0. The molecular weight excluding hydrogens is 196 g/mol. The molecule has 3 rings (SSSR count). The van der Waals surface area contributed by atoms with Crippen LogP contribution in [0.1, 0.15) is 22.4 Å². The van der Waals surface area contributed by atoms with E-state index in [-0.39, 0.29) is 0 Å². The van der Waals surface area contributed by atoms with Gasteiger partial charge in [0.1, 0.15) is 0 Å². The van der Waals surface area contributed by atoms with Crippen LogP contribution in [0.5, 0.6) is 0 Å². The van der Waals surface area contributed by atoms with Gasteiger partial charge in [-0.15, -0.1) is 0 Å². The van der Waals surface area contributed by atoms with Crippen LogP contribution in [0.3, 0.4) is 0 Å². The number of fused-ring (bicyclic) bond motifs is 2. The first kappa shape index (κ1) is 9.04. The van der Waals surface area contributed by atoms with Crippen LogP contribution >= 0.6 is 0 Å². The fourth-order valence-corrected chi connectivity index (χ4v) is 1.93. The minimum Gasteiger partial charge on any atom is -0.264 e. The molecule has 1 aliphatic carbocycles. The smallest absolute Gasteiger partial charge is 0.0708 e. The van der Waals surface area contributed by atoms with E-state index in [0.29, 0.717) is 0 Å². The van der Waals surface area contributed by atoms with Crippen LogP contribution in [0.2, 0.25) is 0 Å². The predicted octanol–water partition coefficient (Wildman–Crippen LogP) is 3.02. The van der Waals surface area contributed by atoms with Gasteiger partial charge in [0.05, 0.1) is 5.69 Å². The highest BCUT2D eigenvalue weighted by molar-refractivity contribution is 5.91. The molecule has 0 aromatic carbocycles. The van der Waals surface area contributed by atoms with E-state index in [1.165, 1.54) is 0 Å². The van der Waals surface area contributed by atoms with Crippen molar-refractivity contribution < 1.29 is 0 Å². The van der Waals surface area contributed by atoms with Gasteiger partial charge in [0, 0.05) is 29.7 Å². The highest BCUT2D eigenvalue weighted by Crippen LogP contribution is 2.30. The molecule has 2 aromatic heterocycles. The van der Waals surface area contributed by atoms with Crippen molar-refractivity contribution in [3.63, 3.8) is 0 Å². The van der Waals surface area contributed by atoms with Crippen molar-refractivity contribution in [3.8, 4) is 0 Å². The summed E-state index contributed by atoms with van der Waals surface area (Å²) in [6.45, 7) is 4.15. The van der Waals surface area contributed by atoms with Gasteiger partial charge in [-0.25, -0.2) is 0 Å². The lowest BCUT2D eigenvalue weighted by Crippen LogP contribution is -1.92. The number of pyridine rings is 2. The van der Waals surface area contributed by atoms with Crippen LogP contribution in [-0.2, 0) is 0 Å². The fourth-order valence-electron chi connectivity index (χ4n) is 1.93. The van der Waals surface area contributed by atoms with Gasteiger partial charge in [-0.3, -0.25) is 9.97 Å². The zero-order valence-electron chi connectivity index (χ0n) is 8.72. The fraction of sp³-hybridized carbons (Fsp3) is 0. The number of rotatable bonds is 0. The molecule has 0 aliphatic heterocycles. The van der Waals surface area contributed by atoms with Gasteiger partial charge in [0.15, 0.2) is 0 Å². The van der Waals surface area contributed by atoms with Crippen LogP contribution in [0.4, 0.5) is 0 Å². The van der Waals surface area contributed by atoms with Crippen molar-refractivity contribution in [2.45, 2.75) is 0 Å². The van der Waals surface area contributed by atoms with Gasteiger partial charge in [-0.2, -0.15) is 0 Å². The standard InChI is InChI=1S/C14H10N2/c1-10-12-6-8-15-9-11(12)4-5-14-13(10)3-2-7-16-14/h2-9H,1H2. The Bertz CT molecular complexity index is 546. The third-order valence-electron chi connectivity index (χ3n) is 2.76. The zero-order valence-corrected chi connectivity index (χ0v) is 8.72. The molecule has 0 fully saturated rings. The molecule has 2 heterocycles. The Morgan fingerprint density at radius 3 is 2.88 bits per heavy atom. The van der Waals surface area contributed by atoms with Gasteiger partial charge < -0.3 is 0 Å². The lowest BCUT2D eigenvalue weighted by atomic mass is 9.98. The van der Waals surface area contributed by atoms with Gasteiger partial charge >= 0.3 is 0 Å². The first-order chi connectivity index (χ1) is 7.86. The molecule has 16 heavy (non-hydrogen) atoms. The maximum absolute atomic E-state index is 4.34. The Kier molecular flexibility index (Phi) is 1.93. The second kappa shape index (κ2) is 3.42. The first-order valence-electron chi connectivity index (χ1n) is 5.13. The third kappa shape index (κ3) is 1.27. The van der Waals surface area contributed by atoms with Gasteiger partial charge in [0.2, 0.25) is 0 Å². The van der Waals surface area contributed by atoms with Crippen LogP contribution in [0.25, 0.3) is 17.7 Å². The Morgan fingerprint density at radius 2 is 1.94 bits per heavy atom. The maximum atomic E-state index is 4.34. The van der Waals surface area contributed by atoms with Crippen molar-refractivity contribution in [2.75, 3.05) is 0 Å². The molecule has 0 radical (unpaired) electrons. The van der Waals surface area contributed by atoms with E-state index in [1.54, 1.807) is 12.4 Å². The van der Waals surface area contributed by atoms with Crippen LogP contribution in [0, 0.1) is 0 Å². The second-order valence-electron chi connectivity index (χ2n) is 3.71. The average Bonchev–Trinajstić information content (AvgIpc) is 2.49. The summed E-state index contributed by atoms with van der Waals surface area (Å²) in [5.41, 5.74) is 5.27. The molecule has 0 saturated carbocycles. The van der Waals surface area contributed by atoms with E-state index >= 15 is 0 Å². The Hall–Kier alpha value is -2.22. The normalized spacial score (nSPS) is 12.9. The number of aromatic nitrogens is 2. The molecule has 2 heteroatoms. The highest BCUT2D eigenvalue weighted by Gasteiger charge is 2.12. The molecule has 2 nitrogen and oxygen atoms in total. The largest absolute Gasteiger partial charge is 0.264 e. The molecule has 0 atom stereocenters. The Balaban J connectivity index is 2.30. The topological polar surface area (TPSA) is 25.8 Å². The first-order valence-corrected chi connectivity index (χ1v) is 5.13. The summed E-state index contributed by atoms with van der Waals surface area (Å²) in [5, 5.41) is 0. The number of hydrogen-bond donors (Lipinski definition) is 0. The van der Waals surface area contributed by atoms with E-state index in [4.69, 9.17) is 0 Å². The summed E-state index contributed by atoms with van der Waals surface area (Å²) >= 11 is 0. The third-order valence-corrected chi connectivity index (χ3v) is 2.76. The van der Waals surface area contributed by atoms with Crippen molar-refractivity contribution in [1.82, 2.24) is 9.97 Å². The predicted molar refractivity (Wildman–Crippen MR) is 65.5 cm³/mol. The Labute approximate surface area is 94.0 Å². The van der Waals surface area contributed by atoms with Crippen molar-refractivity contribution in [1.29, 1.82) is 0 Å². The van der Waals surface area contributed by atoms with E-state index < -0.39 is 0 Å². The van der Waals surface area contributed by atoms with Crippen molar-refractivity contribution >= 4 is 17.7 Å². The van der Waals surface area contributed by atoms with Gasteiger partial charge in [-0.1, -0.05) is 18.7 Å². The van der Waals surface area contributed by atoms with E-state index in [9.17, 15) is 0 Å². The molecule has 1 aliphatic rings. The molecule has 0 amide bonds. The molecule has 0 bridgehead atoms. The molecule has 76 valence electrons. The minimum absolute atomic E-state index is 0.962.